The highest BCUT2D eigenvalue weighted by Gasteiger charge is 2.42. The van der Waals surface area contributed by atoms with Gasteiger partial charge in [0.2, 0.25) is 0 Å². The number of aliphatic hydroxyl groups is 1. The van der Waals surface area contributed by atoms with Gasteiger partial charge < -0.3 is 19.5 Å². The molecule has 0 aromatic carbocycles. The Morgan fingerprint density at radius 1 is 1.30 bits per heavy atom. The number of carbonyl (C=O) groups excluding carboxylic acids is 1. The lowest BCUT2D eigenvalue weighted by molar-refractivity contribution is -0.0404. The number of amides is 1. The molecular weight excluding hydrogens is 402 g/mol. The minimum absolute atomic E-state index is 0.0326. The number of likely N-dealkylation sites (tertiary alicyclic amines) is 2. The molecule has 160 valence electrons. The Labute approximate surface area is 180 Å². The third kappa shape index (κ3) is 3.91. The van der Waals surface area contributed by atoms with E-state index in [1.807, 2.05) is 22.5 Å². The number of pyridine rings is 1. The first kappa shape index (κ1) is 19.8. The molecule has 30 heavy (non-hydrogen) atoms. The van der Waals surface area contributed by atoms with E-state index in [9.17, 15) is 9.90 Å². The summed E-state index contributed by atoms with van der Waals surface area (Å²) in [6.45, 7) is 4.87. The lowest BCUT2D eigenvalue weighted by Crippen LogP contribution is -2.54. The van der Waals surface area contributed by atoms with Crippen LogP contribution >= 0.6 is 11.3 Å². The summed E-state index contributed by atoms with van der Waals surface area (Å²) < 4.78 is 11.3. The maximum absolute atomic E-state index is 13.1. The molecule has 1 N–H and O–H groups in total. The fraction of sp³-hybridized carbons (Fsp3) is 0.545. The average molecular weight is 430 g/mol. The normalized spacial score (nSPS) is 23.5. The summed E-state index contributed by atoms with van der Waals surface area (Å²) in [5.41, 5.74) is 1.23. The maximum Gasteiger partial charge on any atom is 0.267 e. The van der Waals surface area contributed by atoms with E-state index in [2.05, 4.69) is 16.0 Å². The summed E-state index contributed by atoms with van der Waals surface area (Å²) >= 11 is 1.40. The molecule has 3 aliphatic rings. The van der Waals surface area contributed by atoms with E-state index in [0.29, 0.717) is 49.2 Å². The molecule has 7 nitrogen and oxygen atoms in total. The van der Waals surface area contributed by atoms with Crippen LogP contribution in [-0.2, 0) is 6.54 Å². The number of hydrogen-bond donors (Lipinski definition) is 1. The van der Waals surface area contributed by atoms with Crippen molar-refractivity contribution < 1.29 is 19.4 Å². The van der Waals surface area contributed by atoms with Gasteiger partial charge in [0.25, 0.3) is 5.91 Å². The van der Waals surface area contributed by atoms with E-state index in [1.54, 1.807) is 6.20 Å². The smallest absolute Gasteiger partial charge is 0.267 e. The van der Waals surface area contributed by atoms with Crippen LogP contribution < -0.4 is 9.47 Å². The Balaban J connectivity index is 1.24. The van der Waals surface area contributed by atoms with E-state index in [1.165, 1.54) is 16.9 Å². The second-order valence-electron chi connectivity index (χ2n) is 8.64. The van der Waals surface area contributed by atoms with Crippen LogP contribution in [0.2, 0.25) is 0 Å². The number of carbonyl (C=O) groups is 1. The van der Waals surface area contributed by atoms with Gasteiger partial charge in [-0.05, 0) is 36.3 Å². The summed E-state index contributed by atoms with van der Waals surface area (Å²) in [7, 11) is 0. The Bertz CT molecular complexity index is 895. The van der Waals surface area contributed by atoms with Crippen LogP contribution in [0.4, 0.5) is 0 Å². The molecule has 5 rings (SSSR count). The number of thiophene rings is 1. The van der Waals surface area contributed by atoms with Crippen molar-refractivity contribution >= 4 is 17.2 Å². The van der Waals surface area contributed by atoms with Crippen LogP contribution in [0.1, 0.15) is 34.5 Å². The van der Waals surface area contributed by atoms with Gasteiger partial charge in [0.15, 0.2) is 11.5 Å². The third-order valence-electron chi connectivity index (χ3n) is 6.43. The van der Waals surface area contributed by atoms with Gasteiger partial charge >= 0.3 is 0 Å². The predicted octanol–water partition coefficient (Wildman–Crippen LogP) is 2.40. The van der Waals surface area contributed by atoms with Crippen LogP contribution in [0, 0.1) is 5.41 Å². The summed E-state index contributed by atoms with van der Waals surface area (Å²) in [4.78, 5) is 22.2. The van der Waals surface area contributed by atoms with Gasteiger partial charge in [-0.3, -0.25) is 14.7 Å². The number of rotatable bonds is 3. The van der Waals surface area contributed by atoms with Gasteiger partial charge in [0.05, 0.1) is 6.10 Å². The van der Waals surface area contributed by atoms with Crippen molar-refractivity contribution in [3.05, 3.63) is 40.3 Å². The van der Waals surface area contributed by atoms with Crippen molar-refractivity contribution in [1.82, 2.24) is 14.8 Å². The van der Waals surface area contributed by atoms with Crippen molar-refractivity contribution in [2.24, 2.45) is 5.41 Å². The molecule has 3 aliphatic heterocycles. The second kappa shape index (κ2) is 8.17. The predicted molar refractivity (Wildman–Crippen MR) is 113 cm³/mol. The monoisotopic (exact) mass is 429 g/mol. The van der Waals surface area contributed by atoms with Crippen molar-refractivity contribution in [2.75, 3.05) is 39.4 Å². The van der Waals surface area contributed by atoms with Crippen LogP contribution in [0.3, 0.4) is 0 Å². The summed E-state index contributed by atoms with van der Waals surface area (Å²) in [6.07, 6.45) is 5.97. The standard InChI is InChI=1S/C22H27N3O4S/c26-17-10-22(15-24(13-17)12-16-2-1-5-23-11-16)3-6-25(7-4-22)21(27)20-19-18(14-30-20)28-8-9-29-19/h1-2,5,11,14,17,26H,3-4,6-10,12-13,15H2. The van der Waals surface area contributed by atoms with E-state index >= 15 is 0 Å². The molecule has 8 heteroatoms. The quantitative estimate of drug-likeness (QED) is 0.808. The van der Waals surface area contributed by atoms with Crippen LogP contribution in [0.25, 0.3) is 0 Å². The second-order valence-corrected chi connectivity index (χ2v) is 9.52. The molecule has 1 atom stereocenters. The molecule has 1 amide bonds. The van der Waals surface area contributed by atoms with Crippen LogP contribution in [0.15, 0.2) is 29.9 Å². The molecule has 0 radical (unpaired) electrons. The highest BCUT2D eigenvalue weighted by atomic mass is 32.1. The highest BCUT2D eigenvalue weighted by Crippen LogP contribution is 2.43. The topological polar surface area (TPSA) is 75.1 Å². The number of aromatic nitrogens is 1. The maximum atomic E-state index is 13.1. The summed E-state index contributed by atoms with van der Waals surface area (Å²) in [6, 6.07) is 4.03. The molecule has 5 heterocycles. The number of β-amino-alcohol motifs (C(OH)–C–C–N with tert-alkyl or cyclic N) is 1. The average Bonchev–Trinajstić information content (AvgIpc) is 3.18. The summed E-state index contributed by atoms with van der Waals surface area (Å²) in [5, 5.41) is 12.4. The number of piperidine rings is 2. The van der Waals surface area contributed by atoms with E-state index in [0.717, 1.165) is 32.4 Å². The van der Waals surface area contributed by atoms with E-state index in [4.69, 9.17) is 9.47 Å². The first-order chi connectivity index (χ1) is 14.6. The number of fused-ring (bicyclic) bond motifs is 1. The van der Waals surface area contributed by atoms with Gasteiger partial charge in [0.1, 0.15) is 18.1 Å². The Morgan fingerprint density at radius 3 is 2.93 bits per heavy atom. The first-order valence-corrected chi connectivity index (χ1v) is 11.5. The SMILES string of the molecule is O=C(c1scc2c1OCCO2)N1CCC2(CC1)CC(O)CN(Cc1cccnc1)C2. The summed E-state index contributed by atoms with van der Waals surface area (Å²) in [5.74, 6) is 1.32. The largest absolute Gasteiger partial charge is 0.485 e. The van der Waals surface area contributed by atoms with Crippen molar-refractivity contribution in [3.8, 4) is 11.5 Å². The fourth-order valence-electron chi connectivity index (χ4n) is 5.04. The number of nitrogens with zero attached hydrogens (tertiary/aromatic N) is 3. The molecule has 0 bridgehead atoms. The lowest BCUT2D eigenvalue weighted by atomic mass is 9.71. The van der Waals surface area contributed by atoms with Crippen molar-refractivity contribution in [3.63, 3.8) is 0 Å². The van der Waals surface area contributed by atoms with Gasteiger partial charge in [-0.15, -0.1) is 11.3 Å². The van der Waals surface area contributed by atoms with Gasteiger partial charge in [0, 0.05) is 50.5 Å². The van der Waals surface area contributed by atoms with Gasteiger partial charge in [-0.2, -0.15) is 0 Å². The molecular formula is C22H27N3O4S. The number of ether oxygens (including phenoxy) is 2. The van der Waals surface area contributed by atoms with Crippen molar-refractivity contribution in [2.45, 2.75) is 31.9 Å². The van der Waals surface area contributed by atoms with Gasteiger partial charge in [-0.1, -0.05) is 6.07 Å². The van der Waals surface area contributed by atoms with Crippen molar-refractivity contribution in [1.29, 1.82) is 0 Å². The van der Waals surface area contributed by atoms with Crippen LogP contribution in [0.5, 0.6) is 11.5 Å². The molecule has 0 aliphatic carbocycles. The zero-order valence-electron chi connectivity index (χ0n) is 17.0. The zero-order chi connectivity index (χ0) is 20.6. The molecule has 0 saturated carbocycles. The molecule has 2 saturated heterocycles. The minimum atomic E-state index is -0.326. The molecule has 2 aromatic rings. The molecule has 2 fully saturated rings. The number of aliphatic hydroxyl groups excluding tert-OH is 1. The number of hydrogen-bond acceptors (Lipinski definition) is 7. The Hall–Kier alpha value is -2.16. The highest BCUT2D eigenvalue weighted by molar-refractivity contribution is 7.12. The molecule has 1 unspecified atom stereocenters. The van der Waals surface area contributed by atoms with E-state index in [-0.39, 0.29) is 17.4 Å². The zero-order valence-corrected chi connectivity index (χ0v) is 17.8. The Kier molecular flexibility index (Phi) is 5.39. The molecule has 1 spiro atoms. The van der Waals surface area contributed by atoms with Gasteiger partial charge in [-0.25, -0.2) is 0 Å². The first-order valence-electron chi connectivity index (χ1n) is 10.6. The lowest BCUT2D eigenvalue weighted by Gasteiger charge is -2.49. The third-order valence-corrected chi connectivity index (χ3v) is 7.36. The fourth-order valence-corrected chi connectivity index (χ4v) is 5.93. The molecule has 2 aromatic heterocycles. The Morgan fingerprint density at radius 2 is 2.13 bits per heavy atom. The minimum Gasteiger partial charge on any atom is -0.485 e. The van der Waals surface area contributed by atoms with E-state index < -0.39 is 0 Å². The van der Waals surface area contributed by atoms with Crippen LogP contribution in [-0.4, -0.2) is 71.3 Å².